The quantitative estimate of drug-likeness (QED) is 0.294. The summed E-state index contributed by atoms with van der Waals surface area (Å²) in [7, 11) is 0. The molecular weight excluding hydrogens is 554 g/mol. The number of fused-ring (bicyclic) bond motifs is 1. The molecule has 1 unspecified atom stereocenters. The standard InChI is InChI=1S/C22H23F3N4O4.C2HF3O2/c1-12-7-17(33-9-14-15(24)5-4-6-16(14)25)19-27-13(2)18(29(19)8-12)20(30)26-11-22(3,10-23)28-21(31)32;3-2(4,5)1(6)7/h4-8,28H,9-11H2,1-3H3,(H,26,30)(H,31,32);(H,6,7). The van der Waals surface area contributed by atoms with Crippen LogP contribution < -0.4 is 15.4 Å². The van der Waals surface area contributed by atoms with Crippen molar-refractivity contribution in [2.75, 3.05) is 13.2 Å². The van der Waals surface area contributed by atoms with Gasteiger partial charge in [-0.15, -0.1) is 0 Å². The van der Waals surface area contributed by atoms with E-state index in [0.29, 0.717) is 11.3 Å². The van der Waals surface area contributed by atoms with Crippen molar-refractivity contribution in [1.29, 1.82) is 0 Å². The fourth-order valence-electron chi connectivity index (χ4n) is 3.30. The third-order valence-electron chi connectivity index (χ3n) is 5.23. The number of carbonyl (C=O) groups is 3. The summed E-state index contributed by atoms with van der Waals surface area (Å²) < 4.78 is 80.1. The highest BCUT2D eigenvalue weighted by molar-refractivity contribution is 5.95. The highest BCUT2D eigenvalue weighted by Crippen LogP contribution is 2.26. The molecule has 2 amide bonds. The van der Waals surface area contributed by atoms with Crippen molar-refractivity contribution in [3.8, 4) is 5.75 Å². The molecule has 10 nitrogen and oxygen atoms in total. The summed E-state index contributed by atoms with van der Waals surface area (Å²) in [4.78, 5) is 37.0. The molecular formula is C24H24F6N4O6. The number of pyridine rings is 1. The maximum atomic E-state index is 13.9. The summed E-state index contributed by atoms with van der Waals surface area (Å²) >= 11 is 0. The number of amides is 2. The maximum absolute atomic E-state index is 13.9. The molecule has 1 aromatic carbocycles. The SMILES string of the molecule is Cc1cc(OCc2c(F)cccc2F)c2nc(C)c(C(=O)NCC(C)(CF)NC(=O)O)n2c1.O=C(O)C(F)(F)F. The zero-order valence-electron chi connectivity index (χ0n) is 21.2. The first-order chi connectivity index (χ1) is 18.5. The highest BCUT2D eigenvalue weighted by Gasteiger charge is 2.38. The van der Waals surface area contributed by atoms with Crippen LogP contribution in [0.1, 0.15) is 34.2 Å². The first-order valence-electron chi connectivity index (χ1n) is 11.2. The molecule has 3 aromatic rings. The lowest BCUT2D eigenvalue weighted by Crippen LogP contribution is -2.55. The van der Waals surface area contributed by atoms with Gasteiger partial charge in [-0.2, -0.15) is 13.2 Å². The molecule has 0 aliphatic heterocycles. The minimum atomic E-state index is -5.08. The van der Waals surface area contributed by atoms with Gasteiger partial charge in [0.15, 0.2) is 11.4 Å². The number of hydrogen-bond donors (Lipinski definition) is 4. The molecule has 3 rings (SSSR count). The number of carbonyl (C=O) groups excluding carboxylic acids is 1. The summed E-state index contributed by atoms with van der Waals surface area (Å²) in [6, 6.07) is 5.13. The third-order valence-corrected chi connectivity index (χ3v) is 5.23. The van der Waals surface area contributed by atoms with Crippen LogP contribution in [0.2, 0.25) is 0 Å². The van der Waals surface area contributed by atoms with Crippen molar-refractivity contribution >= 4 is 23.6 Å². The lowest BCUT2D eigenvalue weighted by molar-refractivity contribution is -0.192. The van der Waals surface area contributed by atoms with Crippen LogP contribution in [0.15, 0.2) is 30.5 Å². The van der Waals surface area contributed by atoms with Crippen LogP contribution in [-0.4, -0.2) is 62.5 Å². The second-order valence-electron chi connectivity index (χ2n) is 8.72. The number of nitrogens with zero attached hydrogens (tertiary/aromatic N) is 2. The number of carboxylic acids is 1. The Balaban J connectivity index is 0.000000708. The number of aliphatic carboxylic acids is 1. The van der Waals surface area contributed by atoms with Crippen LogP contribution in [0.25, 0.3) is 5.65 Å². The number of carboxylic acid groups (broad SMARTS) is 2. The molecule has 0 bridgehead atoms. The van der Waals surface area contributed by atoms with Crippen LogP contribution in [0.5, 0.6) is 5.75 Å². The Morgan fingerprint density at radius 1 is 1.10 bits per heavy atom. The molecule has 218 valence electrons. The van der Waals surface area contributed by atoms with Gasteiger partial charge in [0, 0.05) is 12.7 Å². The molecule has 40 heavy (non-hydrogen) atoms. The molecule has 0 saturated carbocycles. The summed E-state index contributed by atoms with van der Waals surface area (Å²) in [5.41, 5.74) is -0.365. The van der Waals surface area contributed by atoms with Crippen LogP contribution in [-0.2, 0) is 11.4 Å². The molecule has 0 aliphatic carbocycles. The molecule has 2 heterocycles. The van der Waals surface area contributed by atoms with Gasteiger partial charge in [0.05, 0.1) is 16.8 Å². The van der Waals surface area contributed by atoms with E-state index >= 15 is 0 Å². The average Bonchev–Trinajstić information content (AvgIpc) is 3.17. The Hall–Kier alpha value is -4.50. The Labute approximate surface area is 222 Å². The number of nitrogens with one attached hydrogen (secondary N) is 2. The second kappa shape index (κ2) is 12.6. The first kappa shape index (κ1) is 31.7. The average molecular weight is 578 g/mol. The largest absolute Gasteiger partial charge is 0.490 e. The number of aromatic nitrogens is 2. The summed E-state index contributed by atoms with van der Waals surface area (Å²) in [6.45, 7) is 2.92. The first-order valence-corrected chi connectivity index (χ1v) is 11.2. The second-order valence-corrected chi connectivity index (χ2v) is 8.72. The van der Waals surface area contributed by atoms with Crippen LogP contribution in [0, 0.1) is 25.5 Å². The number of rotatable bonds is 8. The van der Waals surface area contributed by atoms with Crippen LogP contribution in [0.4, 0.5) is 31.1 Å². The number of ether oxygens (including phenoxy) is 1. The van der Waals surface area contributed by atoms with E-state index in [1.54, 1.807) is 26.1 Å². The molecule has 2 aromatic heterocycles. The molecule has 4 N–H and O–H groups in total. The normalized spacial score (nSPS) is 12.6. The number of benzene rings is 1. The van der Waals surface area contributed by atoms with E-state index in [4.69, 9.17) is 19.7 Å². The number of alkyl halides is 4. The molecule has 1 atom stereocenters. The van der Waals surface area contributed by atoms with Crippen molar-refractivity contribution in [1.82, 2.24) is 20.0 Å². The lowest BCUT2D eigenvalue weighted by Gasteiger charge is -2.26. The molecule has 0 spiro atoms. The van der Waals surface area contributed by atoms with Gasteiger partial charge in [-0.25, -0.2) is 27.7 Å². The van der Waals surface area contributed by atoms with E-state index in [9.17, 15) is 35.9 Å². The Bertz CT molecular complexity index is 1390. The Morgan fingerprint density at radius 2 is 1.68 bits per heavy atom. The minimum Gasteiger partial charge on any atom is -0.485 e. The molecule has 0 aliphatic rings. The lowest BCUT2D eigenvalue weighted by atomic mass is 10.1. The molecule has 0 fully saturated rings. The minimum absolute atomic E-state index is 0.132. The third kappa shape index (κ3) is 8.00. The van der Waals surface area contributed by atoms with Gasteiger partial charge in [-0.3, -0.25) is 9.20 Å². The van der Waals surface area contributed by atoms with Crippen molar-refractivity contribution in [3.05, 3.63) is 64.6 Å². The van der Waals surface area contributed by atoms with E-state index in [1.807, 2.05) is 5.32 Å². The molecule has 0 radical (unpaired) electrons. The van der Waals surface area contributed by atoms with Gasteiger partial charge >= 0.3 is 18.2 Å². The number of halogens is 6. The van der Waals surface area contributed by atoms with Crippen molar-refractivity contribution in [2.24, 2.45) is 0 Å². The zero-order chi connectivity index (χ0) is 30.4. The number of hydrogen-bond acceptors (Lipinski definition) is 5. The zero-order valence-corrected chi connectivity index (χ0v) is 21.2. The van der Waals surface area contributed by atoms with Crippen LogP contribution in [0.3, 0.4) is 0 Å². The van der Waals surface area contributed by atoms with Crippen molar-refractivity contribution in [3.63, 3.8) is 0 Å². The van der Waals surface area contributed by atoms with Gasteiger partial charge in [-0.1, -0.05) is 6.07 Å². The number of imidazole rings is 1. The Kier molecular flexibility index (Phi) is 9.97. The fourth-order valence-corrected chi connectivity index (χ4v) is 3.30. The van der Waals surface area contributed by atoms with E-state index in [1.165, 1.54) is 17.4 Å². The molecule has 0 saturated heterocycles. The van der Waals surface area contributed by atoms with Gasteiger partial charge in [0.2, 0.25) is 0 Å². The predicted octanol–water partition coefficient (Wildman–Crippen LogP) is 4.17. The summed E-state index contributed by atoms with van der Waals surface area (Å²) in [5, 5.41) is 20.6. The van der Waals surface area contributed by atoms with Gasteiger partial charge < -0.3 is 25.6 Å². The summed E-state index contributed by atoms with van der Waals surface area (Å²) in [6.07, 6.45) is -4.87. The Morgan fingerprint density at radius 3 is 2.17 bits per heavy atom. The van der Waals surface area contributed by atoms with E-state index < -0.39 is 48.0 Å². The van der Waals surface area contributed by atoms with E-state index in [-0.39, 0.29) is 35.8 Å². The highest BCUT2D eigenvalue weighted by atomic mass is 19.4. The van der Waals surface area contributed by atoms with Gasteiger partial charge in [0.1, 0.15) is 30.6 Å². The van der Waals surface area contributed by atoms with E-state index in [2.05, 4.69) is 10.3 Å². The van der Waals surface area contributed by atoms with Gasteiger partial charge in [-0.05, 0) is 44.5 Å². The number of aryl methyl sites for hydroxylation is 2. The summed E-state index contributed by atoms with van der Waals surface area (Å²) in [5.74, 6) is -4.65. The topological polar surface area (TPSA) is 142 Å². The van der Waals surface area contributed by atoms with Crippen molar-refractivity contribution < 1.29 is 55.7 Å². The maximum Gasteiger partial charge on any atom is 0.490 e. The fraction of sp³-hybridized carbons (Fsp3) is 0.333. The molecule has 16 heteroatoms. The smallest absolute Gasteiger partial charge is 0.485 e. The van der Waals surface area contributed by atoms with E-state index in [0.717, 1.165) is 12.1 Å². The monoisotopic (exact) mass is 578 g/mol. The van der Waals surface area contributed by atoms with Crippen molar-refractivity contribution in [2.45, 2.75) is 39.1 Å². The van der Waals surface area contributed by atoms with Crippen LogP contribution >= 0.6 is 0 Å². The van der Waals surface area contributed by atoms with Gasteiger partial charge in [0.25, 0.3) is 5.91 Å². The predicted molar refractivity (Wildman–Crippen MR) is 127 cm³/mol.